The van der Waals surface area contributed by atoms with Crippen molar-refractivity contribution in [2.45, 2.75) is 43.8 Å². The van der Waals surface area contributed by atoms with Gasteiger partial charge in [0.1, 0.15) is 0 Å². The quantitative estimate of drug-likeness (QED) is 0.788. The number of amides is 1. The van der Waals surface area contributed by atoms with Crippen molar-refractivity contribution in [3.63, 3.8) is 0 Å². The maximum Gasteiger partial charge on any atom is 0.235 e. The molecule has 102 valence electrons. The van der Waals surface area contributed by atoms with Crippen molar-refractivity contribution in [1.29, 1.82) is 0 Å². The molecule has 0 saturated carbocycles. The first-order valence-corrected chi connectivity index (χ1v) is 8.45. The second-order valence-corrected chi connectivity index (χ2v) is 7.39. The number of likely N-dealkylation sites (tertiary alicyclic amines) is 1. The zero-order valence-electron chi connectivity index (χ0n) is 11.1. The SMILES string of the molecule is O=C(C1CCCS1)N1CCC2(CCNCC2)CC1. The molecule has 1 atom stereocenters. The van der Waals surface area contributed by atoms with E-state index in [1.165, 1.54) is 50.9 Å². The average molecular weight is 268 g/mol. The van der Waals surface area contributed by atoms with Crippen molar-refractivity contribution in [2.75, 3.05) is 31.9 Å². The first-order chi connectivity index (χ1) is 8.79. The molecule has 1 spiro atoms. The van der Waals surface area contributed by atoms with Gasteiger partial charge in [0, 0.05) is 13.1 Å². The van der Waals surface area contributed by atoms with Crippen LogP contribution in [0.3, 0.4) is 0 Å². The highest BCUT2D eigenvalue weighted by molar-refractivity contribution is 8.00. The molecule has 0 aliphatic carbocycles. The lowest BCUT2D eigenvalue weighted by Crippen LogP contribution is -2.48. The standard InChI is InChI=1S/C14H24N2OS/c17-13(12-2-1-11-18-12)16-9-5-14(6-10-16)3-7-15-8-4-14/h12,15H,1-11H2. The Hall–Kier alpha value is -0.220. The van der Waals surface area contributed by atoms with Crippen LogP contribution < -0.4 is 5.32 Å². The van der Waals surface area contributed by atoms with E-state index < -0.39 is 0 Å². The summed E-state index contributed by atoms with van der Waals surface area (Å²) in [7, 11) is 0. The molecule has 18 heavy (non-hydrogen) atoms. The second kappa shape index (κ2) is 5.41. The maximum absolute atomic E-state index is 12.4. The third-order valence-electron chi connectivity index (χ3n) is 5.01. The second-order valence-electron chi connectivity index (χ2n) is 6.08. The van der Waals surface area contributed by atoms with Crippen LogP contribution in [-0.4, -0.2) is 48.0 Å². The summed E-state index contributed by atoms with van der Waals surface area (Å²) in [6.07, 6.45) is 7.43. The van der Waals surface area contributed by atoms with Crippen LogP contribution in [0.5, 0.6) is 0 Å². The highest BCUT2D eigenvalue weighted by Gasteiger charge is 2.38. The molecule has 3 fully saturated rings. The number of carbonyl (C=O) groups excluding carboxylic acids is 1. The molecule has 4 heteroatoms. The molecule has 3 saturated heterocycles. The molecule has 0 aromatic carbocycles. The van der Waals surface area contributed by atoms with E-state index in [-0.39, 0.29) is 5.25 Å². The number of thioether (sulfide) groups is 1. The Bertz CT molecular complexity index is 299. The fraction of sp³-hybridized carbons (Fsp3) is 0.929. The maximum atomic E-state index is 12.4. The highest BCUT2D eigenvalue weighted by atomic mass is 32.2. The molecule has 3 aliphatic heterocycles. The predicted molar refractivity (Wildman–Crippen MR) is 75.8 cm³/mol. The summed E-state index contributed by atoms with van der Waals surface area (Å²) >= 11 is 1.87. The monoisotopic (exact) mass is 268 g/mol. The van der Waals surface area contributed by atoms with Gasteiger partial charge in [-0.1, -0.05) is 0 Å². The van der Waals surface area contributed by atoms with Gasteiger partial charge in [0.15, 0.2) is 0 Å². The molecule has 3 aliphatic rings. The molecular formula is C14H24N2OS. The Balaban J connectivity index is 1.54. The van der Waals surface area contributed by atoms with E-state index in [0.29, 0.717) is 11.3 Å². The summed E-state index contributed by atoms with van der Waals surface area (Å²) in [5.41, 5.74) is 0.560. The molecule has 3 rings (SSSR count). The predicted octanol–water partition coefficient (Wildman–Crippen LogP) is 1.87. The minimum absolute atomic E-state index is 0.284. The number of piperidine rings is 2. The minimum atomic E-state index is 0.284. The Morgan fingerprint density at radius 2 is 1.89 bits per heavy atom. The van der Waals surface area contributed by atoms with Crippen molar-refractivity contribution in [3.8, 4) is 0 Å². The average Bonchev–Trinajstić information content (AvgIpc) is 2.94. The highest BCUT2D eigenvalue weighted by Crippen LogP contribution is 2.40. The molecular weight excluding hydrogens is 244 g/mol. The lowest BCUT2D eigenvalue weighted by atomic mass is 9.71. The largest absolute Gasteiger partial charge is 0.342 e. The fourth-order valence-electron chi connectivity index (χ4n) is 3.63. The van der Waals surface area contributed by atoms with Crippen LogP contribution in [0, 0.1) is 5.41 Å². The van der Waals surface area contributed by atoms with Gasteiger partial charge in [0.25, 0.3) is 0 Å². The normalized spacial score (nSPS) is 31.8. The molecule has 0 bridgehead atoms. The zero-order chi connectivity index (χ0) is 12.4. The first-order valence-electron chi connectivity index (χ1n) is 7.40. The molecule has 3 nitrogen and oxygen atoms in total. The Labute approximate surface area is 114 Å². The Kier molecular flexibility index (Phi) is 3.85. The molecule has 0 radical (unpaired) electrons. The number of carbonyl (C=O) groups is 1. The van der Waals surface area contributed by atoms with Gasteiger partial charge >= 0.3 is 0 Å². The van der Waals surface area contributed by atoms with Crippen LogP contribution in [0.4, 0.5) is 0 Å². The van der Waals surface area contributed by atoms with Crippen LogP contribution in [0.1, 0.15) is 38.5 Å². The minimum Gasteiger partial charge on any atom is -0.342 e. The van der Waals surface area contributed by atoms with Crippen molar-refractivity contribution < 1.29 is 4.79 Å². The molecule has 3 heterocycles. The fourth-order valence-corrected chi connectivity index (χ4v) is 4.88. The van der Waals surface area contributed by atoms with E-state index in [9.17, 15) is 4.79 Å². The number of rotatable bonds is 1. The van der Waals surface area contributed by atoms with E-state index in [2.05, 4.69) is 10.2 Å². The van der Waals surface area contributed by atoms with Gasteiger partial charge in [-0.2, -0.15) is 0 Å². The molecule has 0 aromatic rings. The van der Waals surface area contributed by atoms with Gasteiger partial charge in [-0.25, -0.2) is 0 Å². The van der Waals surface area contributed by atoms with Crippen LogP contribution in [0.25, 0.3) is 0 Å². The van der Waals surface area contributed by atoms with Crippen LogP contribution in [-0.2, 0) is 4.79 Å². The van der Waals surface area contributed by atoms with Crippen molar-refractivity contribution >= 4 is 17.7 Å². The summed E-state index contributed by atoms with van der Waals surface area (Å²) in [5, 5.41) is 3.74. The van der Waals surface area contributed by atoms with Crippen molar-refractivity contribution in [3.05, 3.63) is 0 Å². The summed E-state index contributed by atoms with van der Waals surface area (Å²) in [4.78, 5) is 14.5. The molecule has 1 unspecified atom stereocenters. The Morgan fingerprint density at radius 1 is 1.17 bits per heavy atom. The topological polar surface area (TPSA) is 32.3 Å². The number of nitrogens with zero attached hydrogens (tertiary/aromatic N) is 1. The third kappa shape index (κ3) is 2.55. The number of hydrogen-bond donors (Lipinski definition) is 1. The summed E-state index contributed by atoms with van der Waals surface area (Å²) < 4.78 is 0. The van der Waals surface area contributed by atoms with Gasteiger partial charge < -0.3 is 10.2 Å². The zero-order valence-corrected chi connectivity index (χ0v) is 11.9. The molecule has 1 amide bonds. The summed E-state index contributed by atoms with van der Waals surface area (Å²) in [6.45, 7) is 4.37. The van der Waals surface area contributed by atoms with Crippen LogP contribution >= 0.6 is 11.8 Å². The van der Waals surface area contributed by atoms with E-state index in [4.69, 9.17) is 0 Å². The first kappa shape index (κ1) is 12.8. The summed E-state index contributed by atoms with van der Waals surface area (Å²) in [6, 6.07) is 0. The van der Waals surface area contributed by atoms with Gasteiger partial charge in [0.05, 0.1) is 5.25 Å². The lowest BCUT2D eigenvalue weighted by molar-refractivity contribution is -0.133. The molecule has 0 aromatic heterocycles. The van der Waals surface area contributed by atoms with Crippen LogP contribution in [0.15, 0.2) is 0 Å². The van der Waals surface area contributed by atoms with Crippen molar-refractivity contribution in [2.24, 2.45) is 5.41 Å². The summed E-state index contributed by atoms with van der Waals surface area (Å²) in [5.74, 6) is 1.61. The van der Waals surface area contributed by atoms with Gasteiger partial charge in [-0.3, -0.25) is 4.79 Å². The van der Waals surface area contributed by atoms with E-state index in [1.807, 2.05) is 11.8 Å². The van der Waals surface area contributed by atoms with E-state index in [1.54, 1.807) is 0 Å². The van der Waals surface area contributed by atoms with E-state index >= 15 is 0 Å². The molecule has 1 N–H and O–H groups in total. The van der Waals surface area contributed by atoms with Crippen molar-refractivity contribution in [1.82, 2.24) is 10.2 Å². The van der Waals surface area contributed by atoms with Crippen LogP contribution in [0.2, 0.25) is 0 Å². The van der Waals surface area contributed by atoms with Gasteiger partial charge in [-0.05, 0) is 62.8 Å². The van der Waals surface area contributed by atoms with Gasteiger partial charge in [-0.15, -0.1) is 11.8 Å². The number of nitrogens with one attached hydrogen (secondary N) is 1. The Morgan fingerprint density at radius 3 is 2.50 bits per heavy atom. The lowest BCUT2D eigenvalue weighted by Gasteiger charge is -2.44. The number of hydrogen-bond acceptors (Lipinski definition) is 3. The van der Waals surface area contributed by atoms with Gasteiger partial charge in [0.2, 0.25) is 5.91 Å². The third-order valence-corrected chi connectivity index (χ3v) is 6.37. The van der Waals surface area contributed by atoms with E-state index in [0.717, 1.165) is 19.5 Å². The smallest absolute Gasteiger partial charge is 0.235 e.